The van der Waals surface area contributed by atoms with E-state index in [-0.39, 0.29) is 11.7 Å². The van der Waals surface area contributed by atoms with E-state index in [0.29, 0.717) is 10.9 Å². The van der Waals surface area contributed by atoms with Gasteiger partial charge in [-0.05, 0) is 24.3 Å². The highest BCUT2D eigenvalue weighted by Crippen LogP contribution is 2.23. The van der Waals surface area contributed by atoms with Gasteiger partial charge >= 0.3 is 0 Å². The quantitative estimate of drug-likeness (QED) is 0.370. The van der Waals surface area contributed by atoms with E-state index in [4.69, 9.17) is 4.42 Å². The Labute approximate surface area is 205 Å². The number of anilines is 2. The van der Waals surface area contributed by atoms with Crippen molar-refractivity contribution in [2.45, 2.75) is 17.5 Å². The summed E-state index contributed by atoms with van der Waals surface area (Å²) < 4.78 is 7.67. The number of imidazole rings is 1. The summed E-state index contributed by atoms with van der Waals surface area (Å²) in [5.74, 6) is 2.34. The molecule has 1 saturated heterocycles. The van der Waals surface area contributed by atoms with Crippen LogP contribution in [0.1, 0.15) is 22.0 Å². The van der Waals surface area contributed by atoms with Gasteiger partial charge in [0.1, 0.15) is 11.6 Å². The molecule has 0 bridgehead atoms. The van der Waals surface area contributed by atoms with Crippen molar-refractivity contribution in [1.82, 2.24) is 24.4 Å². The van der Waals surface area contributed by atoms with Gasteiger partial charge in [0, 0.05) is 63.7 Å². The third kappa shape index (κ3) is 5.49. The molecule has 0 atom stereocenters. The zero-order chi connectivity index (χ0) is 23.3. The molecule has 176 valence electrons. The lowest BCUT2D eigenvalue weighted by Gasteiger charge is -2.35. The molecule has 1 aliphatic rings. The van der Waals surface area contributed by atoms with Crippen LogP contribution >= 0.6 is 23.1 Å². The number of nitrogens with zero attached hydrogens (tertiary/aromatic N) is 6. The van der Waals surface area contributed by atoms with Crippen LogP contribution in [0.2, 0.25) is 0 Å². The molecular formula is C23H25N7O2S2. The number of aromatic nitrogens is 4. The molecule has 1 fully saturated rings. The number of amides is 1. The number of pyridine rings is 1. The molecule has 11 heteroatoms. The van der Waals surface area contributed by atoms with Crippen LogP contribution < -0.4 is 10.2 Å². The lowest BCUT2D eigenvalue weighted by molar-refractivity contribution is 0.0995. The van der Waals surface area contributed by atoms with E-state index in [1.165, 1.54) is 11.3 Å². The highest BCUT2D eigenvalue weighted by molar-refractivity contribution is 7.98. The molecule has 9 nitrogen and oxygen atoms in total. The third-order valence-electron chi connectivity index (χ3n) is 5.51. The molecule has 0 aliphatic carbocycles. The van der Waals surface area contributed by atoms with Gasteiger partial charge < -0.3 is 13.9 Å². The van der Waals surface area contributed by atoms with E-state index >= 15 is 0 Å². The molecule has 34 heavy (non-hydrogen) atoms. The van der Waals surface area contributed by atoms with Crippen LogP contribution in [0.25, 0.3) is 0 Å². The number of carbonyl (C=O) groups excluding carboxylic acids is 1. The van der Waals surface area contributed by atoms with Gasteiger partial charge in [0.25, 0.3) is 5.91 Å². The fourth-order valence-electron chi connectivity index (χ4n) is 3.70. The van der Waals surface area contributed by atoms with Gasteiger partial charge in [-0.25, -0.2) is 15.0 Å². The fraction of sp³-hybridized carbons (Fsp3) is 0.304. The van der Waals surface area contributed by atoms with Crippen molar-refractivity contribution in [1.29, 1.82) is 0 Å². The average molecular weight is 496 g/mol. The summed E-state index contributed by atoms with van der Waals surface area (Å²) in [4.78, 5) is 30.6. The molecule has 5 heterocycles. The Morgan fingerprint density at radius 2 is 2.03 bits per heavy atom. The Bertz CT molecular complexity index is 1230. The number of thiazole rings is 1. The minimum atomic E-state index is -0.293. The molecule has 0 unspecified atom stereocenters. The highest BCUT2D eigenvalue weighted by atomic mass is 32.2. The lowest BCUT2D eigenvalue weighted by atomic mass is 10.3. The highest BCUT2D eigenvalue weighted by Gasteiger charge is 2.19. The van der Waals surface area contributed by atoms with Crippen LogP contribution in [-0.4, -0.2) is 56.5 Å². The van der Waals surface area contributed by atoms with E-state index in [2.05, 4.69) is 30.1 Å². The number of carbonyl (C=O) groups is 1. The first kappa shape index (κ1) is 22.6. The monoisotopic (exact) mass is 495 g/mol. The standard InChI is InChI=1S/C23H25N7O2S2/c1-28-9-8-25-23(28)34-16-18-5-6-19(32-18)21(31)27-22-26-17(15-33-22)14-29-10-12-30(13-11-29)20-4-2-3-7-24-20/h2-9,15H,10-14,16H2,1H3,(H,26,27,31). The number of aryl methyl sites for hydroxylation is 1. The fourth-order valence-corrected chi connectivity index (χ4v) is 5.23. The van der Waals surface area contributed by atoms with Crippen molar-refractivity contribution >= 4 is 40.0 Å². The predicted molar refractivity (Wildman–Crippen MR) is 133 cm³/mol. The molecule has 5 rings (SSSR count). The Kier molecular flexibility index (Phi) is 6.93. The van der Waals surface area contributed by atoms with E-state index in [0.717, 1.165) is 55.2 Å². The summed E-state index contributed by atoms with van der Waals surface area (Å²) in [5.41, 5.74) is 0.957. The van der Waals surface area contributed by atoms with E-state index in [1.54, 1.807) is 24.0 Å². The zero-order valence-corrected chi connectivity index (χ0v) is 20.4. The van der Waals surface area contributed by atoms with Gasteiger partial charge in [-0.15, -0.1) is 11.3 Å². The number of piperazine rings is 1. The number of thioether (sulfide) groups is 1. The number of hydrogen-bond donors (Lipinski definition) is 1. The Balaban J connectivity index is 1.10. The molecule has 4 aromatic rings. The molecular weight excluding hydrogens is 470 g/mol. The number of nitrogens with one attached hydrogen (secondary N) is 1. The SMILES string of the molecule is Cn1ccnc1SCc1ccc(C(=O)Nc2nc(CN3CCN(c4ccccn4)CC3)cs2)o1. The molecule has 0 radical (unpaired) electrons. The molecule has 1 aliphatic heterocycles. The van der Waals surface area contributed by atoms with Crippen molar-refractivity contribution in [3.63, 3.8) is 0 Å². The second kappa shape index (κ2) is 10.4. The van der Waals surface area contributed by atoms with Gasteiger partial charge in [0.15, 0.2) is 16.0 Å². The van der Waals surface area contributed by atoms with Crippen molar-refractivity contribution in [3.8, 4) is 0 Å². The Hall–Kier alpha value is -3.15. The second-order valence-corrected chi connectivity index (χ2v) is 9.73. The number of furan rings is 1. The first-order chi connectivity index (χ1) is 16.6. The Morgan fingerprint density at radius 1 is 1.15 bits per heavy atom. The lowest BCUT2D eigenvalue weighted by Crippen LogP contribution is -2.46. The molecule has 0 spiro atoms. The summed E-state index contributed by atoms with van der Waals surface area (Å²) in [6, 6.07) is 9.52. The maximum absolute atomic E-state index is 12.6. The molecule has 1 amide bonds. The predicted octanol–water partition coefficient (Wildman–Crippen LogP) is 3.73. The van der Waals surface area contributed by atoms with Gasteiger partial charge in [0.2, 0.25) is 0 Å². The maximum atomic E-state index is 12.6. The molecule has 4 aromatic heterocycles. The third-order valence-corrected chi connectivity index (χ3v) is 7.40. The summed E-state index contributed by atoms with van der Waals surface area (Å²) in [7, 11) is 1.95. The van der Waals surface area contributed by atoms with Crippen LogP contribution in [0.15, 0.2) is 63.9 Å². The summed E-state index contributed by atoms with van der Waals surface area (Å²) in [6.07, 6.45) is 5.49. The summed E-state index contributed by atoms with van der Waals surface area (Å²) in [6.45, 7) is 4.52. The second-order valence-electron chi connectivity index (χ2n) is 7.92. The Morgan fingerprint density at radius 3 is 2.79 bits per heavy atom. The van der Waals surface area contributed by atoms with E-state index in [9.17, 15) is 4.79 Å². The first-order valence-electron chi connectivity index (χ1n) is 11.0. The minimum absolute atomic E-state index is 0.276. The van der Waals surface area contributed by atoms with Gasteiger partial charge in [-0.3, -0.25) is 15.0 Å². The van der Waals surface area contributed by atoms with Crippen molar-refractivity contribution < 1.29 is 9.21 Å². The number of rotatable bonds is 8. The zero-order valence-electron chi connectivity index (χ0n) is 18.8. The van der Waals surface area contributed by atoms with Crippen LogP contribution in [0, 0.1) is 0 Å². The van der Waals surface area contributed by atoms with Crippen LogP contribution in [0.3, 0.4) is 0 Å². The summed E-state index contributed by atoms with van der Waals surface area (Å²) in [5, 5.41) is 6.33. The van der Waals surface area contributed by atoms with Gasteiger partial charge in [0.05, 0.1) is 11.4 Å². The maximum Gasteiger partial charge on any atom is 0.293 e. The van der Waals surface area contributed by atoms with E-state index < -0.39 is 0 Å². The molecule has 1 N–H and O–H groups in total. The minimum Gasteiger partial charge on any atom is -0.455 e. The molecule has 0 aromatic carbocycles. The summed E-state index contributed by atoms with van der Waals surface area (Å²) >= 11 is 2.99. The molecule has 0 saturated carbocycles. The van der Waals surface area contributed by atoms with Crippen molar-refractivity contribution in [2.75, 3.05) is 36.4 Å². The smallest absolute Gasteiger partial charge is 0.293 e. The van der Waals surface area contributed by atoms with Gasteiger partial charge in [-0.1, -0.05) is 17.8 Å². The van der Waals surface area contributed by atoms with Crippen LogP contribution in [-0.2, 0) is 19.3 Å². The first-order valence-corrected chi connectivity index (χ1v) is 12.8. The van der Waals surface area contributed by atoms with Crippen molar-refractivity contribution in [2.24, 2.45) is 7.05 Å². The van der Waals surface area contributed by atoms with E-state index in [1.807, 2.05) is 53.7 Å². The average Bonchev–Trinajstić information content (AvgIpc) is 3.61. The van der Waals surface area contributed by atoms with Crippen LogP contribution in [0.5, 0.6) is 0 Å². The van der Waals surface area contributed by atoms with Gasteiger partial charge in [-0.2, -0.15) is 0 Å². The topological polar surface area (TPSA) is 92.3 Å². The van der Waals surface area contributed by atoms with Crippen molar-refractivity contribution in [3.05, 3.63) is 71.5 Å². The van der Waals surface area contributed by atoms with Crippen LogP contribution in [0.4, 0.5) is 10.9 Å². The normalized spacial score (nSPS) is 14.4. The number of hydrogen-bond acceptors (Lipinski definition) is 9. The largest absolute Gasteiger partial charge is 0.455 e.